The van der Waals surface area contributed by atoms with Crippen molar-refractivity contribution < 1.29 is 7.80 Å². The molecule has 1 aliphatic carbocycles. The number of halogens is 1. The number of hydrogen-bond acceptors (Lipinski definition) is 3. The van der Waals surface area contributed by atoms with Gasteiger partial charge < -0.3 is 13.5 Å². The number of ether oxygens (including phenoxy) is 1. The molecule has 0 amide bonds. The molecule has 0 aromatic rings. The molecular formula is C9H12INO2. The largest absolute Gasteiger partial charge is 0.497 e. The minimum absolute atomic E-state index is 0.526. The fourth-order valence-corrected chi connectivity index (χ4v) is 1.37. The molecule has 0 aromatic carbocycles. The summed E-state index contributed by atoms with van der Waals surface area (Å²) in [6.07, 6.45) is 6.46. The van der Waals surface area contributed by atoms with E-state index in [-0.39, 0.29) is 0 Å². The molecular weight excluding hydrogens is 281 g/mol. The highest BCUT2D eigenvalue weighted by atomic mass is 127. The first-order valence-corrected chi connectivity index (χ1v) is 4.81. The summed E-state index contributed by atoms with van der Waals surface area (Å²) in [5.41, 5.74) is 6.68. The predicted octanol–water partition coefficient (Wildman–Crippen LogP) is 2.06. The second kappa shape index (κ2) is 5.29. The second-order valence-electron chi connectivity index (χ2n) is 2.67. The predicted molar refractivity (Wildman–Crippen MR) is 60.0 cm³/mol. The summed E-state index contributed by atoms with van der Waals surface area (Å²) >= 11 is 1.86. The van der Waals surface area contributed by atoms with E-state index in [2.05, 4.69) is 0 Å². The maximum atomic E-state index is 5.57. The first-order valence-electron chi connectivity index (χ1n) is 3.93. The molecule has 0 atom stereocenters. The van der Waals surface area contributed by atoms with Crippen LogP contribution >= 0.6 is 23.0 Å². The molecule has 72 valence electrons. The van der Waals surface area contributed by atoms with Crippen LogP contribution in [0.15, 0.2) is 35.3 Å². The Bertz CT molecular complexity index is 269. The van der Waals surface area contributed by atoms with Crippen molar-refractivity contribution in [1.29, 1.82) is 0 Å². The molecule has 0 aromatic heterocycles. The Morgan fingerprint density at radius 2 is 2.31 bits per heavy atom. The van der Waals surface area contributed by atoms with Crippen LogP contribution in [0.2, 0.25) is 0 Å². The minimum Gasteiger partial charge on any atom is -0.497 e. The lowest BCUT2D eigenvalue weighted by molar-refractivity contribution is 0.306. The molecule has 0 bridgehead atoms. The Kier molecular flexibility index (Phi) is 4.31. The fourth-order valence-electron chi connectivity index (χ4n) is 1.07. The van der Waals surface area contributed by atoms with Gasteiger partial charge in [0.15, 0.2) is 23.0 Å². The van der Waals surface area contributed by atoms with Gasteiger partial charge in [0.05, 0.1) is 7.11 Å². The smallest absolute Gasteiger partial charge is 0.192 e. The third kappa shape index (κ3) is 3.04. The zero-order valence-corrected chi connectivity index (χ0v) is 9.58. The van der Waals surface area contributed by atoms with Crippen molar-refractivity contribution in [3.63, 3.8) is 0 Å². The molecule has 1 rings (SSSR count). The minimum atomic E-state index is 0.526. The Morgan fingerprint density at radius 1 is 1.54 bits per heavy atom. The van der Waals surface area contributed by atoms with E-state index in [0.29, 0.717) is 6.54 Å². The van der Waals surface area contributed by atoms with Gasteiger partial charge >= 0.3 is 0 Å². The number of methoxy groups -OCH3 is 1. The molecule has 0 aliphatic heterocycles. The second-order valence-corrected chi connectivity index (χ2v) is 3.11. The highest BCUT2D eigenvalue weighted by Crippen LogP contribution is 2.20. The molecule has 3 nitrogen and oxygen atoms in total. The summed E-state index contributed by atoms with van der Waals surface area (Å²) in [7, 11) is 1.64. The summed E-state index contributed by atoms with van der Waals surface area (Å²) in [6, 6.07) is 0. The van der Waals surface area contributed by atoms with E-state index in [1.807, 2.05) is 41.2 Å². The molecule has 2 N–H and O–H groups in total. The average Bonchev–Trinajstić information content (AvgIpc) is 2.39. The molecule has 4 heteroatoms. The van der Waals surface area contributed by atoms with Crippen LogP contribution in [0.5, 0.6) is 0 Å². The Balaban J connectivity index is 2.87. The van der Waals surface area contributed by atoms with Crippen LogP contribution in [0.1, 0.15) is 6.42 Å². The Morgan fingerprint density at radius 3 is 2.85 bits per heavy atom. The van der Waals surface area contributed by atoms with Crippen molar-refractivity contribution in [3.05, 3.63) is 35.3 Å². The first kappa shape index (κ1) is 10.6. The molecule has 0 spiro atoms. The number of nitrogens with two attached hydrogens (primary N) is 1. The van der Waals surface area contributed by atoms with Crippen LogP contribution in [0.3, 0.4) is 0 Å². The molecule has 0 saturated carbocycles. The zero-order chi connectivity index (χ0) is 9.68. The normalized spacial score (nSPS) is 16.7. The third-order valence-electron chi connectivity index (χ3n) is 1.78. The SMILES string of the molecule is COC1=CC=C(OI)CC(CN)=C1. The van der Waals surface area contributed by atoms with E-state index < -0.39 is 0 Å². The van der Waals surface area contributed by atoms with Crippen LogP contribution in [0.4, 0.5) is 0 Å². The van der Waals surface area contributed by atoms with Crippen molar-refractivity contribution in [3.8, 4) is 0 Å². The van der Waals surface area contributed by atoms with Gasteiger partial charge in [0.2, 0.25) is 0 Å². The van der Waals surface area contributed by atoms with E-state index in [1.54, 1.807) is 7.11 Å². The van der Waals surface area contributed by atoms with Gasteiger partial charge in [-0.1, -0.05) is 0 Å². The molecule has 1 aliphatic rings. The van der Waals surface area contributed by atoms with Gasteiger partial charge in [-0.3, -0.25) is 0 Å². The van der Waals surface area contributed by atoms with Gasteiger partial charge in [-0.05, 0) is 23.8 Å². The van der Waals surface area contributed by atoms with Crippen molar-refractivity contribution >= 4 is 23.0 Å². The lowest BCUT2D eigenvalue weighted by Gasteiger charge is -2.04. The topological polar surface area (TPSA) is 44.5 Å². The van der Waals surface area contributed by atoms with Gasteiger partial charge in [-0.2, -0.15) is 0 Å². The van der Waals surface area contributed by atoms with Gasteiger partial charge in [0, 0.05) is 13.0 Å². The summed E-state index contributed by atoms with van der Waals surface area (Å²) < 4.78 is 10.3. The third-order valence-corrected chi connectivity index (χ3v) is 2.34. The summed E-state index contributed by atoms with van der Waals surface area (Å²) in [5, 5.41) is 0. The lowest BCUT2D eigenvalue weighted by Crippen LogP contribution is -2.04. The van der Waals surface area contributed by atoms with Gasteiger partial charge in [-0.25, -0.2) is 0 Å². The maximum absolute atomic E-state index is 5.57. The highest BCUT2D eigenvalue weighted by Gasteiger charge is 2.06. The average molecular weight is 293 g/mol. The Labute approximate surface area is 92.0 Å². The van der Waals surface area contributed by atoms with E-state index in [1.165, 1.54) is 0 Å². The Hall–Kier alpha value is -0.490. The van der Waals surface area contributed by atoms with Gasteiger partial charge in [0.25, 0.3) is 0 Å². The molecule has 0 radical (unpaired) electrons. The molecule has 0 fully saturated rings. The van der Waals surface area contributed by atoms with Crippen molar-refractivity contribution in [2.24, 2.45) is 5.73 Å². The van der Waals surface area contributed by atoms with Crippen LogP contribution in [0.25, 0.3) is 0 Å². The van der Waals surface area contributed by atoms with E-state index in [0.717, 1.165) is 23.5 Å². The van der Waals surface area contributed by atoms with Gasteiger partial charge in [0.1, 0.15) is 11.5 Å². The van der Waals surface area contributed by atoms with Crippen molar-refractivity contribution in [2.75, 3.05) is 13.7 Å². The van der Waals surface area contributed by atoms with E-state index >= 15 is 0 Å². The highest BCUT2D eigenvalue weighted by molar-refractivity contribution is 14.1. The lowest BCUT2D eigenvalue weighted by atomic mass is 10.1. The molecule has 0 unspecified atom stereocenters. The number of hydrogen-bond donors (Lipinski definition) is 1. The quantitative estimate of drug-likeness (QED) is 0.810. The molecule has 13 heavy (non-hydrogen) atoms. The standard InChI is InChI=1S/C9H12INO2/c1-12-8-2-3-9(13-10)5-7(4-8)6-11/h2-4H,5-6,11H2,1H3. The summed E-state index contributed by atoms with van der Waals surface area (Å²) in [4.78, 5) is 0. The summed E-state index contributed by atoms with van der Waals surface area (Å²) in [6.45, 7) is 0.526. The molecule has 0 saturated heterocycles. The van der Waals surface area contributed by atoms with Crippen LogP contribution in [0, 0.1) is 0 Å². The monoisotopic (exact) mass is 293 g/mol. The molecule has 0 heterocycles. The van der Waals surface area contributed by atoms with E-state index in [4.69, 9.17) is 13.5 Å². The van der Waals surface area contributed by atoms with Crippen molar-refractivity contribution in [2.45, 2.75) is 6.42 Å². The van der Waals surface area contributed by atoms with Crippen LogP contribution in [-0.4, -0.2) is 13.7 Å². The summed E-state index contributed by atoms with van der Waals surface area (Å²) in [5.74, 6) is 1.70. The number of allylic oxidation sites excluding steroid dienone is 4. The number of rotatable bonds is 3. The van der Waals surface area contributed by atoms with Crippen molar-refractivity contribution in [1.82, 2.24) is 0 Å². The van der Waals surface area contributed by atoms with Crippen LogP contribution in [-0.2, 0) is 7.80 Å². The van der Waals surface area contributed by atoms with E-state index in [9.17, 15) is 0 Å². The zero-order valence-electron chi connectivity index (χ0n) is 7.42. The first-order chi connectivity index (χ1) is 6.30. The maximum Gasteiger partial charge on any atom is 0.192 e. The fraction of sp³-hybridized carbons (Fsp3) is 0.333. The van der Waals surface area contributed by atoms with Crippen LogP contribution < -0.4 is 5.73 Å². The van der Waals surface area contributed by atoms with Gasteiger partial charge in [-0.15, -0.1) is 0 Å².